The lowest BCUT2D eigenvalue weighted by Crippen LogP contribution is -2.49. The van der Waals surface area contributed by atoms with Crippen LogP contribution in [0.15, 0.2) is 48.5 Å². The number of rotatable bonds is 10. The van der Waals surface area contributed by atoms with E-state index in [9.17, 15) is 0 Å². The quantitative estimate of drug-likeness (QED) is 0.520. The maximum Gasteiger partial charge on any atom is 0.119 e. The van der Waals surface area contributed by atoms with Crippen molar-refractivity contribution in [1.82, 2.24) is 9.80 Å². The van der Waals surface area contributed by atoms with Crippen LogP contribution in [0.5, 0.6) is 11.5 Å². The third-order valence-electron chi connectivity index (χ3n) is 5.64. The van der Waals surface area contributed by atoms with Crippen molar-refractivity contribution in [3.63, 3.8) is 0 Å². The molecular weight excluding hydrogens is 436 g/mol. The molecule has 1 heterocycles. The van der Waals surface area contributed by atoms with Gasteiger partial charge in [0.15, 0.2) is 0 Å². The Balaban J connectivity index is 0.00000385. The zero-order valence-corrected chi connectivity index (χ0v) is 20.3. The molecule has 0 spiro atoms. The van der Waals surface area contributed by atoms with Crippen molar-refractivity contribution >= 4 is 12.4 Å². The van der Waals surface area contributed by atoms with Crippen LogP contribution >= 0.6 is 12.4 Å². The molecule has 33 heavy (non-hydrogen) atoms. The number of nitrogens with zero attached hydrogens (tertiary/aromatic N) is 4. The molecule has 0 aliphatic carbocycles. The summed E-state index contributed by atoms with van der Waals surface area (Å²) >= 11 is 0. The molecule has 0 radical (unpaired) electrons. The van der Waals surface area contributed by atoms with Crippen molar-refractivity contribution in [2.45, 2.75) is 13.8 Å². The predicted molar refractivity (Wildman–Crippen MR) is 132 cm³/mol. The molecular formula is C26H33ClN4O2. The largest absolute Gasteiger partial charge is 0.493 e. The minimum atomic E-state index is 0. The lowest BCUT2D eigenvalue weighted by Gasteiger charge is -2.37. The fourth-order valence-corrected chi connectivity index (χ4v) is 3.87. The molecule has 2 aromatic carbocycles. The Labute approximate surface area is 203 Å². The Morgan fingerprint density at radius 2 is 1.03 bits per heavy atom. The Morgan fingerprint density at radius 1 is 0.697 bits per heavy atom. The lowest BCUT2D eigenvalue weighted by atomic mass is 10.1. The van der Waals surface area contributed by atoms with Crippen molar-refractivity contribution in [2.24, 2.45) is 11.8 Å². The number of hydrogen-bond donors (Lipinski definition) is 0. The molecule has 1 aliphatic heterocycles. The number of nitriles is 2. The molecule has 2 unspecified atom stereocenters. The highest BCUT2D eigenvalue weighted by molar-refractivity contribution is 5.85. The molecule has 7 heteroatoms. The number of benzene rings is 2. The molecule has 0 aromatic heterocycles. The van der Waals surface area contributed by atoms with Gasteiger partial charge in [0.1, 0.15) is 11.5 Å². The molecule has 1 fully saturated rings. The van der Waals surface area contributed by atoms with Crippen LogP contribution in [0, 0.1) is 34.5 Å². The Kier molecular flexibility index (Phi) is 11.0. The standard InChI is InChI=1S/C26H32N4O2.ClH/c1-21(19-31-25-7-3-23(15-27)4-8-25)17-29-11-13-30(14-12-29)18-22(2)20-32-26-9-5-24(16-28)6-10-26;/h3-10,21-22H,11-14,17-20H2,1-2H3;1H. The van der Waals surface area contributed by atoms with Gasteiger partial charge in [-0.1, -0.05) is 13.8 Å². The lowest BCUT2D eigenvalue weighted by molar-refractivity contribution is 0.0922. The summed E-state index contributed by atoms with van der Waals surface area (Å²) < 4.78 is 11.8. The second-order valence-electron chi connectivity index (χ2n) is 8.71. The Bertz CT molecular complexity index is 836. The first-order chi connectivity index (χ1) is 15.6. The van der Waals surface area contributed by atoms with E-state index < -0.39 is 0 Å². The maximum absolute atomic E-state index is 8.87. The molecule has 2 atom stereocenters. The van der Waals surface area contributed by atoms with E-state index in [0.717, 1.165) is 50.8 Å². The van der Waals surface area contributed by atoms with Gasteiger partial charge < -0.3 is 19.3 Å². The van der Waals surface area contributed by atoms with E-state index in [1.54, 1.807) is 24.3 Å². The molecule has 1 saturated heterocycles. The van der Waals surface area contributed by atoms with Crippen molar-refractivity contribution in [1.29, 1.82) is 10.5 Å². The van der Waals surface area contributed by atoms with E-state index in [0.29, 0.717) is 36.2 Å². The average Bonchev–Trinajstić information content (AvgIpc) is 2.83. The van der Waals surface area contributed by atoms with E-state index in [2.05, 4.69) is 35.8 Å². The average molecular weight is 469 g/mol. The molecule has 0 amide bonds. The second kappa shape index (κ2) is 13.7. The summed E-state index contributed by atoms with van der Waals surface area (Å²) in [6, 6.07) is 18.8. The summed E-state index contributed by atoms with van der Waals surface area (Å²) in [4.78, 5) is 5.03. The van der Waals surface area contributed by atoms with E-state index in [4.69, 9.17) is 20.0 Å². The molecule has 1 aliphatic rings. The van der Waals surface area contributed by atoms with Gasteiger partial charge in [0, 0.05) is 51.1 Å². The van der Waals surface area contributed by atoms with Gasteiger partial charge in [-0.05, 0) is 48.5 Å². The van der Waals surface area contributed by atoms with Gasteiger partial charge >= 0.3 is 0 Å². The van der Waals surface area contributed by atoms with Gasteiger partial charge in [0.25, 0.3) is 0 Å². The van der Waals surface area contributed by atoms with Crippen molar-refractivity contribution < 1.29 is 9.47 Å². The van der Waals surface area contributed by atoms with Crippen LogP contribution in [0.4, 0.5) is 0 Å². The van der Waals surface area contributed by atoms with Crippen LogP contribution in [0.25, 0.3) is 0 Å². The monoisotopic (exact) mass is 468 g/mol. The highest BCUT2D eigenvalue weighted by Gasteiger charge is 2.20. The molecule has 3 rings (SSSR count). The number of halogens is 1. The van der Waals surface area contributed by atoms with Gasteiger partial charge in [-0.25, -0.2) is 0 Å². The summed E-state index contributed by atoms with van der Waals surface area (Å²) in [5.41, 5.74) is 1.30. The van der Waals surface area contributed by atoms with E-state index >= 15 is 0 Å². The van der Waals surface area contributed by atoms with E-state index in [1.165, 1.54) is 0 Å². The summed E-state index contributed by atoms with van der Waals surface area (Å²) in [6.07, 6.45) is 0. The van der Waals surface area contributed by atoms with Gasteiger partial charge in [0.05, 0.1) is 36.5 Å². The molecule has 2 aromatic rings. The Hall–Kier alpha value is -2.77. The zero-order chi connectivity index (χ0) is 22.8. The molecule has 0 N–H and O–H groups in total. The highest BCUT2D eigenvalue weighted by atomic mass is 35.5. The molecule has 6 nitrogen and oxygen atoms in total. The second-order valence-corrected chi connectivity index (χ2v) is 8.71. The fraction of sp³-hybridized carbons (Fsp3) is 0.462. The molecule has 0 bridgehead atoms. The van der Waals surface area contributed by atoms with E-state index in [-0.39, 0.29) is 12.4 Å². The number of piperazine rings is 1. The van der Waals surface area contributed by atoms with Crippen molar-refractivity contribution in [3.05, 3.63) is 59.7 Å². The maximum atomic E-state index is 8.87. The minimum Gasteiger partial charge on any atom is -0.493 e. The van der Waals surface area contributed by atoms with Crippen LogP contribution in [0.3, 0.4) is 0 Å². The summed E-state index contributed by atoms with van der Waals surface area (Å²) in [6.45, 7) is 12.1. The first-order valence-corrected chi connectivity index (χ1v) is 11.3. The van der Waals surface area contributed by atoms with Crippen molar-refractivity contribution in [2.75, 3.05) is 52.5 Å². The third kappa shape index (κ3) is 8.94. The van der Waals surface area contributed by atoms with Crippen LogP contribution in [-0.2, 0) is 0 Å². The first-order valence-electron chi connectivity index (χ1n) is 11.3. The van der Waals surface area contributed by atoms with Crippen LogP contribution in [0.1, 0.15) is 25.0 Å². The van der Waals surface area contributed by atoms with Crippen molar-refractivity contribution in [3.8, 4) is 23.6 Å². The van der Waals surface area contributed by atoms with Crippen LogP contribution < -0.4 is 9.47 Å². The van der Waals surface area contributed by atoms with Gasteiger partial charge in [-0.3, -0.25) is 0 Å². The molecule has 0 saturated carbocycles. The Morgan fingerprint density at radius 3 is 1.33 bits per heavy atom. The smallest absolute Gasteiger partial charge is 0.119 e. The number of hydrogen-bond acceptors (Lipinski definition) is 6. The minimum absolute atomic E-state index is 0. The van der Waals surface area contributed by atoms with Gasteiger partial charge in [-0.2, -0.15) is 10.5 Å². The normalized spacial score (nSPS) is 16.0. The number of ether oxygens (including phenoxy) is 2. The first kappa shape index (κ1) is 26.5. The summed E-state index contributed by atoms with van der Waals surface area (Å²) in [5, 5.41) is 17.7. The third-order valence-corrected chi connectivity index (χ3v) is 5.64. The van der Waals surface area contributed by atoms with E-state index in [1.807, 2.05) is 24.3 Å². The summed E-state index contributed by atoms with van der Waals surface area (Å²) in [5.74, 6) is 2.52. The van der Waals surface area contributed by atoms with Gasteiger partial charge in [0.2, 0.25) is 0 Å². The van der Waals surface area contributed by atoms with Crippen LogP contribution in [0.2, 0.25) is 0 Å². The van der Waals surface area contributed by atoms with Crippen LogP contribution in [-0.4, -0.2) is 62.3 Å². The topological polar surface area (TPSA) is 72.5 Å². The SMILES string of the molecule is CC(COc1ccc(C#N)cc1)CN1CCN(CC(C)COc2ccc(C#N)cc2)CC1.Cl. The predicted octanol–water partition coefficient (Wildman–Crippen LogP) is 4.20. The highest BCUT2D eigenvalue weighted by Crippen LogP contribution is 2.15. The fourth-order valence-electron chi connectivity index (χ4n) is 3.87. The summed E-state index contributed by atoms with van der Waals surface area (Å²) in [7, 11) is 0. The van der Waals surface area contributed by atoms with Gasteiger partial charge in [-0.15, -0.1) is 12.4 Å². The molecule has 176 valence electrons. The zero-order valence-electron chi connectivity index (χ0n) is 19.4.